The van der Waals surface area contributed by atoms with Gasteiger partial charge in [0.25, 0.3) is 5.91 Å². The van der Waals surface area contributed by atoms with Crippen LogP contribution in [0.15, 0.2) is 47.8 Å². The Morgan fingerprint density at radius 3 is 3.00 bits per heavy atom. The number of hydrogen-bond donors (Lipinski definition) is 1. The van der Waals surface area contributed by atoms with Gasteiger partial charge in [0.15, 0.2) is 5.65 Å². The summed E-state index contributed by atoms with van der Waals surface area (Å²) >= 11 is 1.61. The quantitative estimate of drug-likeness (QED) is 0.544. The van der Waals surface area contributed by atoms with Crippen LogP contribution in [0.25, 0.3) is 21.6 Å². The van der Waals surface area contributed by atoms with Crippen molar-refractivity contribution in [2.75, 3.05) is 13.2 Å². The van der Waals surface area contributed by atoms with Gasteiger partial charge in [-0.3, -0.25) is 9.48 Å². The fourth-order valence-corrected chi connectivity index (χ4v) is 4.71. The first-order valence-corrected chi connectivity index (χ1v) is 10.8. The highest BCUT2D eigenvalue weighted by Crippen LogP contribution is 2.30. The SMILES string of the molecule is Cc1nn(C)c2nc(-c3cccs3)cc(C(=O)NCC3COc4ccccc4C3)c12. The summed E-state index contributed by atoms with van der Waals surface area (Å²) in [5.41, 5.74) is 4.13. The van der Waals surface area contributed by atoms with E-state index in [0.717, 1.165) is 39.5 Å². The van der Waals surface area contributed by atoms with E-state index >= 15 is 0 Å². The number of thiophene rings is 1. The number of carbonyl (C=O) groups is 1. The van der Waals surface area contributed by atoms with Crippen LogP contribution >= 0.6 is 11.3 Å². The summed E-state index contributed by atoms with van der Waals surface area (Å²) in [6.07, 6.45) is 0.897. The van der Waals surface area contributed by atoms with E-state index in [1.54, 1.807) is 16.0 Å². The molecule has 152 valence electrons. The predicted octanol–water partition coefficient (Wildman–Crippen LogP) is 3.99. The number of para-hydroxylation sites is 1. The van der Waals surface area contributed by atoms with E-state index in [-0.39, 0.29) is 11.8 Å². The minimum Gasteiger partial charge on any atom is -0.493 e. The summed E-state index contributed by atoms with van der Waals surface area (Å²) in [5, 5.41) is 10.4. The molecule has 3 aromatic heterocycles. The molecule has 1 aliphatic heterocycles. The first kappa shape index (κ1) is 18.8. The number of carbonyl (C=O) groups excluding carboxylic acids is 1. The van der Waals surface area contributed by atoms with E-state index in [1.165, 1.54) is 5.56 Å². The maximum Gasteiger partial charge on any atom is 0.252 e. The number of nitrogens with one attached hydrogen (secondary N) is 1. The van der Waals surface area contributed by atoms with Crippen LogP contribution in [-0.4, -0.2) is 33.8 Å². The highest BCUT2D eigenvalue weighted by atomic mass is 32.1. The lowest BCUT2D eigenvalue weighted by Crippen LogP contribution is -2.35. The zero-order valence-electron chi connectivity index (χ0n) is 16.9. The summed E-state index contributed by atoms with van der Waals surface area (Å²) < 4.78 is 7.60. The number of pyridine rings is 1. The Morgan fingerprint density at radius 2 is 2.17 bits per heavy atom. The maximum atomic E-state index is 13.2. The van der Waals surface area contributed by atoms with Gasteiger partial charge in [-0.15, -0.1) is 11.3 Å². The smallest absolute Gasteiger partial charge is 0.252 e. The Balaban J connectivity index is 1.42. The lowest BCUT2D eigenvalue weighted by atomic mass is 9.96. The van der Waals surface area contributed by atoms with Gasteiger partial charge in [-0.05, 0) is 42.5 Å². The van der Waals surface area contributed by atoms with Gasteiger partial charge in [0.05, 0.1) is 33.8 Å². The largest absolute Gasteiger partial charge is 0.493 e. The van der Waals surface area contributed by atoms with Crippen LogP contribution in [0.4, 0.5) is 0 Å². The Bertz CT molecular complexity index is 1230. The van der Waals surface area contributed by atoms with Crippen LogP contribution in [0.1, 0.15) is 21.6 Å². The molecule has 1 aliphatic rings. The monoisotopic (exact) mass is 418 g/mol. The molecule has 30 heavy (non-hydrogen) atoms. The fourth-order valence-electron chi connectivity index (χ4n) is 4.03. The van der Waals surface area contributed by atoms with Crippen LogP contribution in [0.2, 0.25) is 0 Å². The minimum atomic E-state index is -0.102. The van der Waals surface area contributed by atoms with Crippen LogP contribution in [-0.2, 0) is 13.5 Å². The molecule has 5 rings (SSSR count). The van der Waals surface area contributed by atoms with Crippen molar-refractivity contribution in [1.29, 1.82) is 0 Å². The summed E-state index contributed by atoms with van der Waals surface area (Å²) in [5.74, 6) is 1.09. The zero-order chi connectivity index (χ0) is 20.7. The van der Waals surface area contributed by atoms with E-state index < -0.39 is 0 Å². The highest BCUT2D eigenvalue weighted by Gasteiger charge is 2.23. The molecule has 1 atom stereocenters. The summed E-state index contributed by atoms with van der Waals surface area (Å²) in [4.78, 5) is 19.0. The first-order chi connectivity index (χ1) is 14.6. The van der Waals surface area contributed by atoms with Gasteiger partial charge in [0.2, 0.25) is 0 Å². The number of rotatable bonds is 4. The van der Waals surface area contributed by atoms with Crippen molar-refractivity contribution >= 4 is 28.3 Å². The summed E-state index contributed by atoms with van der Waals surface area (Å²) in [7, 11) is 1.86. The number of aryl methyl sites for hydroxylation is 2. The molecular weight excluding hydrogens is 396 g/mol. The topological polar surface area (TPSA) is 69.0 Å². The molecule has 4 heterocycles. The molecule has 7 heteroatoms. The van der Waals surface area contributed by atoms with Gasteiger partial charge in [-0.25, -0.2) is 4.98 Å². The van der Waals surface area contributed by atoms with E-state index in [4.69, 9.17) is 9.72 Å². The second kappa shape index (κ2) is 7.57. The Kier molecular flexibility index (Phi) is 4.75. The molecule has 0 aliphatic carbocycles. The van der Waals surface area contributed by atoms with Crippen molar-refractivity contribution in [2.45, 2.75) is 13.3 Å². The number of aromatic nitrogens is 3. The van der Waals surface area contributed by atoms with Crippen LogP contribution < -0.4 is 10.1 Å². The van der Waals surface area contributed by atoms with Gasteiger partial charge >= 0.3 is 0 Å². The van der Waals surface area contributed by atoms with Crippen molar-refractivity contribution in [3.63, 3.8) is 0 Å². The Hall–Kier alpha value is -3.19. The second-order valence-corrected chi connectivity index (χ2v) is 8.59. The molecule has 0 saturated carbocycles. The van der Waals surface area contributed by atoms with Crippen LogP contribution in [0.5, 0.6) is 5.75 Å². The molecule has 1 N–H and O–H groups in total. The van der Waals surface area contributed by atoms with Gasteiger partial charge in [0, 0.05) is 19.5 Å². The molecule has 6 nitrogen and oxygen atoms in total. The Morgan fingerprint density at radius 1 is 1.30 bits per heavy atom. The fraction of sp³-hybridized carbons (Fsp3) is 0.261. The molecule has 0 radical (unpaired) electrons. The summed E-state index contributed by atoms with van der Waals surface area (Å²) in [6.45, 7) is 3.08. The number of amides is 1. The Labute approximate surface area is 178 Å². The van der Waals surface area contributed by atoms with E-state index in [2.05, 4.69) is 16.5 Å². The minimum absolute atomic E-state index is 0.102. The van der Waals surface area contributed by atoms with Crippen molar-refractivity contribution in [3.8, 4) is 16.3 Å². The van der Waals surface area contributed by atoms with E-state index in [0.29, 0.717) is 18.7 Å². The van der Waals surface area contributed by atoms with Crippen molar-refractivity contribution in [3.05, 3.63) is 64.7 Å². The molecule has 0 fully saturated rings. The normalized spacial score (nSPS) is 15.6. The number of ether oxygens (including phenoxy) is 1. The summed E-state index contributed by atoms with van der Waals surface area (Å²) in [6, 6.07) is 14.0. The zero-order valence-corrected chi connectivity index (χ0v) is 17.7. The third-order valence-corrected chi connectivity index (χ3v) is 6.39. The molecule has 1 unspecified atom stereocenters. The van der Waals surface area contributed by atoms with Gasteiger partial charge < -0.3 is 10.1 Å². The third kappa shape index (κ3) is 3.35. The second-order valence-electron chi connectivity index (χ2n) is 7.64. The van der Waals surface area contributed by atoms with Crippen molar-refractivity contribution < 1.29 is 9.53 Å². The van der Waals surface area contributed by atoms with Crippen LogP contribution in [0, 0.1) is 12.8 Å². The maximum absolute atomic E-state index is 13.2. The standard InChI is InChI=1S/C23H22N4O2S/c1-14-21-17(11-18(20-8-5-9-30-20)25-22(21)27(2)26-14)23(28)24-12-15-10-16-6-3-4-7-19(16)29-13-15/h3-9,11,15H,10,12-13H2,1-2H3,(H,24,28). The number of nitrogens with zero attached hydrogens (tertiary/aromatic N) is 3. The van der Waals surface area contributed by atoms with Crippen molar-refractivity contribution in [1.82, 2.24) is 20.1 Å². The number of fused-ring (bicyclic) bond motifs is 2. The number of hydrogen-bond acceptors (Lipinski definition) is 5. The van der Waals surface area contributed by atoms with E-state index in [9.17, 15) is 4.79 Å². The highest BCUT2D eigenvalue weighted by molar-refractivity contribution is 7.13. The average Bonchev–Trinajstić information content (AvgIpc) is 3.40. The lowest BCUT2D eigenvalue weighted by molar-refractivity contribution is 0.0940. The number of benzene rings is 1. The van der Waals surface area contributed by atoms with Gasteiger partial charge in [-0.2, -0.15) is 5.10 Å². The molecule has 1 aromatic carbocycles. The molecule has 4 aromatic rings. The van der Waals surface area contributed by atoms with Crippen molar-refractivity contribution in [2.24, 2.45) is 13.0 Å². The van der Waals surface area contributed by atoms with Gasteiger partial charge in [0.1, 0.15) is 5.75 Å². The molecule has 0 bridgehead atoms. The molecule has 0 saturated heterocycles. The predicted molar refractivity (Wildman–Crippen MR) is 118 cm³/mol. The molecule has 1 amide bonds. The molecule has 0 spiro atoms. The lowest BCUT2D eigenvalue weighted by Gasteiger charge is -2.25. The van der Waals surface area contributed by atoms with Gasteiger partial charge in [-0.1, -0.05) is 24.3 Å². The average molecular weight is 419 g/mol. The van der Waals surface area contributed by atoms with Crippen LogP contribution in [0.3, 0.4) is 0 Å². The molecular formula is C23H22N4O2S. The first-order valence-electron chi connectivity index (χ1n) is 9.97. The van der Waals surface area contributed by atoms with E-state index in [1.807, 2.05) is 55.7 Å². The third-order valence-electron chi connectivity index (χ3n) is 5.49.